The van der Waals surface area contributed by atoms with Gasteiger partial charge in [-0.3, -0.25) is 9.59 Å². The lowest BCUT2D eigenvalue weighted by Gasteiger charge is -2.27. The van der Waals surface area contributed by atoms with Gasteiger partial charge in [-0.15, -0.1) is 0 Å². The van der Waals surface area contributed by atoms with Crippen LogP contribution in [0.1, 0.15) is 33.1 Å². The second kappa shape index (κ2) is 6.30. The van der Waals surface area contributed by atoms with Crippen molar-refractivity contribution < 1.29 is 23.9 Å². The fourth-order valence-electron chi connectivity index (χ4n) is 2.84. The third-order valence-corrected chi connectivity index (χ3v) is 4.02. The Morgan fingerprint density at radius 2 is 2.00 bits per heavy atom. The van der Waals surface area contributed by atoms with Gasteiger partial charge in [-0.05, 0) is 25.0 Å². The highest BCUT2D eigenvalue weighted by Gasteiger charge is 2.44. The van der Waals surface area contributed by atoms with Crippen molar-refractivity contribution in [2.24, 2.45) is 5.92 Å². The van der Waals surface area contributed by atoms with Crippen LogP contribution < -0.4 is 0 Å². The molecule has 0 aromatic carbocycles. The molecule has 1 aliphatic heterocycles. The summed E-state index contributed by atoms with van der Waals surface area (Å²) in [6, 6.07) is 0. The van der Waals surface area contributed by atoms with Gasteiger partial charge in [-0.2, -0.15) is 0 Å². The average molecular weight is 304 g/mol. The van der Waals surface area contributed by atoms with Crippen LogP contribution in [-0.2, 0) is 23.9 Å². The van der Waals surface area contributed by atoms with Crippen molar-refractivity contribution in [3.05, 3.63) is 36.0 Å². The zero-order valence-electron chi connectivity index (χ0n) is 12.9. The van der Waals surface area contributed by atoms with Gasteiger partial charge >= 0.3 is 11.9 Å². The molecule has 2 rings (SSSR count). The van der Waals surface area contributed by atoms with E-state index in [9.17, 15) is 14.4 Å². The lowest BCUT2D eigenvalue weighted by molar-refractivity contribution is -0.149. The summed E-state index contributed by atoms with van der Waals surface area (Å²) < 4.78 is 10.7. The zero-order valence-corrected chi connectivity index (χ0v) is 12.9. The zero-order chi connectivity index (χ0) is 16.4. The third-order valence-electron chi connectivity index (χ3n) is 4.02. The Labute approximate surface area is 129 Å². The van der Waals surface area contributed by atoms with E-state index in [1.165, 1.54) is 6.92 Å². The van der Waals surface area contributed by atoms with Crippen molar-refractivity contribution in [1.82, 2.24) is 0 Å². The van der Waals surface area contributed by atoms with Crippen molar-refractivity contribution in [2.75, 3.05) is 0 Å². The van der Waals surface area contributed by atoms with Gasteiger partial charge < -0.3 is 9.47 Å². The molecule has 0 spiro atoms. The van der Waals surface area contributed by atoms with Crippen LogP contribution in [0, 0.1) is 5.92 Å². The van der Waals surface area contributed by atoms with Gasteiger partial charge in [0.2, 0.25) is 0 Å². The first kappa shape index (κ1) is 16.2. The molecule has 118 valence electrons. The van der Waals surface area contributed by atoms with E-state index in [1.54, 1.807) is 0 Å². The summed E-state index contributed by atoms with van der Waals surface area (Å²) in [6.07, 6.45) is 1.73. The van der Waals surface area contributed by atoms with Crippen molar-refractivity contribution >= 4 is 17.7 Å². The van der Waals surface area contributed by atoms with Crippen LogP contribution in [0.5, 0.6) is 0 Å². The first-order chi connectivity index (χ1) is 10.3. The summed E-state index contributed by atoms with van der Waals surface area (Å²) in [5, 5.41) is 0. The van der Waals surface area contributed by atoms with Crippen LogP contribution in [0.2, 0.25) is 0 Å². The van der Waals surface area contributed by atoms with E-state index in [1.807, 2.05) is 13.0 Å². The van der Waals surface area contributed by atoms with E-state index in [0.29, 0.717) is 18.4 Å². The number of carbonyl (C=O) groups excluding carboxylic acids is 3. The van der Waals surface area contributed by atoms with Crippen molar-refractivity contribution in [3.8, 4) is 0 Å². The lowest BCUT2D eigenvalue weighted by atomic mass is 9.84. The van der Waals surface area contributed by atoms with Crippen LogP contribution >= 0.6 is 0 Å². The largest absolute Gasteiger partial charge is 0.461 e. The molecule has 0 radical (unpaired) electrons. The number of esters is 2. The van der Waals surface area contributed by atoms with Gasteiger partial charge in [0.15, 0.2) is 5.78 Å². The number of hydrogen-bond acceptors (Lipinski definition) is 5. The molecule has 0 saturated carbocycles. The van der Waals surface area contributed by atoms with Crippen LogP contribution in [0.15, 0.2) is 36.0 Å². The van der Waals surface area contributed by atoms with Gasteiger partial charge in [0.1, 0.15) is 12.2 Å². The molecule has 1 heterocycles. The van der Waals surface area contributed by atoms with Crippen LogP contribution in [-0.4, -0.2) is 29.9 Å². The van der Waals surface area contributed by atoms with Crippen LogP contribution in [0.3, 0.4) is 0 Å². The van der Waals surface area contributed by atoms with Crippen molar-refractivity contribution in [3.63, 3.8) is 0 Å². The molecule has 3 atom stereocenters. The molecule has 0 aromatic heterocycles. The second-order valence-electron chi connectivity index (χ2n) is 5.81. The van der Waals surface area contributed by atoms with Crippen molar-refractivity contribution in [1.29, 1.82) is 0 Å². The molecule has 1 aliphatic carbocycles. The SMILES string of the molecule is C=C1C[C@@H](OC(C)=O)[C@H]2C(=C)C(=O)O[C@@H]2/C=C(\C)CCC1=O. The van der Waals surface area contributed by atoms with E-state index in [0.717, 1.165) is 5.57 Å². The molecule has 0 amide bonds. The maximum absolute atomic E-state index is 12.1. The summed E-state index contributed by atoms with van der Waals surface area (Å²) in [5.74, 6) is -1.52. The minimum absolute atomic E-state index is 0.0563. The van der Waals surface area contributed by atoms with E-state index in [2.05, 4.69) is 13.2 Å². The van der Waals surface area contributed by atoms with Gasteiger partial charge in [0.25, 0.3) is 0 Å². The summed E-state index contributed by atoms with van der Waals surface area (Å²) in [5.41, 5.74) is 1.61. The molecule has 0 aromatic rings. The molecular weight excluding hydrogens is 284 g/mol. The molecule has 1 fully saturated rings. The number of rotatable bonds is 1. The molecule has 0 N–H and O–H groups in total. The summed E-state index contributed by atoms with van der Waals surface area (Å²) in [7, 11) is 0. The Balaban J connectivity index is 2.42. The highest BCUT2D eigenvalue weighted by molar-refractivity contribution is 5.95. The Hall–Kier alpha value is -2.17. The molecular formula is C17H20O5. The topological polar surface area (TPSA) is 69.7 Å². The molecule has 22 heavy (non-hydrogen) atoms. The standard InChI is InChI=1S/C17H20O5/c1-9-5-6-13(19)10(2)8-15(21-12(4)18)16-11(3)17(20)22-14(16)7-9/h7,14-16H,2-3,5-6,8H2,1,4H3/b9-7+/t14-,15-,16+/m1/s1. The molecule has 2 aliphatic rings. The van der Waals surface area contributed by atoms with E-state index < -0.39 is 30.1 Å². The van der Waals surface area contributed by atoms with E-state index in [-0.39, 0.29) is 17.8 Å². The molecule has 1 saturated heterocycles. The number of allylic oxidation sites excluding steroid dienone is 1. The predicted octanol–water partition coefficient (Wildman–Crippen LogP) is 2.27. The quantitative estimate of drug-likeness (QED) is 0.422. The number of hydrogen-bond donors (Lipinski definition) is 0. The Bertz CT molecular complexity index is 584. The first-order valence-corrected chi connectivity index (χ1v) is 7.25. The third kappa shape index (κ3) is 3.35. The maximum Gasteiger partial charge on any atom is 0.334 e. The lowest BCUT2D eigenvalue weighted by Crippen LogP contribution is -2.33. The number of carbonyl (C=O) groups is 3. The van der Waals surface area contributed by atoms with E-state index >= 15 is 0 Å². The minimum atomic E-state index is -0.681. The molecule has 0 unspecified atom stereocenters. The van der Waals surface area contributed by atoms with E-state index in [4.69, 9.17) is 9.47 Å². The smallest absolute Gasteiger partial charge is 0.334 e. The molecule has 5 nitrogen and oxygen atoms in total. The highest BCUT2D eigenvalue weighted by Crippen LogP contribution is 2.36. The Kier molecular flexibility index (Phi) is 4.64. The second-order valence-corrected chi connectivity index (χ2v) is 5.81. The van der Waals surface area contributed by atoms with Gasteiger partial charge in [-0.1, -0.05) is 18.7 Å². The Morgan fingerprint density at radius 3 is 2.64 bits per heavy atom. The van der Waals surface area contributed by atoms with Gasteiger partial charge in [0.05, 0.1) is 5.92 Å². The fourth-order valence-corrected chi connectivity index (χ4v) is 2.84. The van der Waals surface area contributed by atoms with Crippen LogP contribution in [0.4, 0.5) is 0 Å². The number of ether oxygens (including phenoxy) is 2. The first-order valence-electron chi connectivity index (χ1n) is 7.25. The normalized spacial score (nSPS) is 31.9. The summed E-state index contributed by atoms with van der Waals surface area (Å²) in [6.45, 7) is 10.7. The maximum atomic E-state index is 12.1. The molecule has 0 bridgehead atoms. The fraction of sp³-hybridized carbons (Fsp3) is 0.471. The highest BCUT2D eigenvalue weighted by atomic mass is 16.6. The molecule has 5 heteroatoms. The number of Topliss-reactive ketones (excluding diaryl/α,β-unsaturated/α-hetero) is 1. The monoisotopic (exact) mass is 304 g/mol. The van der Waals surface area contributed by atoms with Gasteiger partial charge in [0, 0.05) is 25.3 Å². The average Bonchev–Trinajstić information content (AvgIpc) is 2.69. The number of fused-ring (bicyclic) bond motifs is 1. The Morgan fingerprint density at radius 1 is 1.32 bits per heavy atom. The number of ketones is 1. The van der Waals surface area contributed by atoms with Crippen molar-refractivity contribution in [2.45, 2.75) is 45.3 Å². The van der Waals surface area contributed by atoms with Crippen LogP contribution in [0.25, 0.3) is 0 Å². The van der Waals surface area contributed by atoms with Gasteiger partial charge in [-0.25, -0.2) is 4.79 Å². The summed E-state index contributed by atoms with van der Waals surface area (Å²) in [4.78, 5) is 35.3. The predicted molar refractivity (Wildman–Crippen MR) is 79.8 cm³/mol. The minimum Gasteiger partial charge on any atom is -0.461 e. The summed E-state index contributed by atoms with van der Waals surface area (Å²) >= 11 is 0.